The van der Waals surface area contributed by atoms with E-state index in [9.17, 15) is 13.2 Å². The minimum absolute atomic E-state index is 0.00224. The first-order valence-corrected chi connectivity index (χ1v) is 7.57. The maximum Gasteiger partial charge on any atom is 0.352 e. The van der Waals surface area contributed by atoms with Crippen molar-refractivity contribution in [2.75, 3.05) is 7.05 Å². The zero-order chi connectivity index (χ0) is 14.8. The summed E-state index contributed by atoms with van der Waals surface area (Å²) in [6.45, 7) is 5.90. The number of rotatable bonds is 6. The molecule has 1 N–H and O–H groups in total. The minimum atomic E-state index is -3.64. The van der Waals surface area contributed by atoms with Crippen LogP contribution >= 0.6 is 0 Å². The van der Waals surface area contributed by atoms with Gasteiger partial charge in [-0.2, -0.15) is 4.31 Å². The van der Waals surface area contributed by atoms with Crippen molar-refractivity contribution < 1.29 is 18.3 Å². The zero-order valence-electron chi connectivity index (χ0n) is 11.6. The highest BCUT2D eigenvalue weighted by Crippen LogP contribution is 2.20. The molecule has 0 fully saturated rings. The van der Waals surface area contributed by atoms with Gasteiger partial charge in [0.2, 0.25) is 10.0 Å². The van der Waals surface area contributed by atoms with E-state index in [1.165, 1.54) is 28.2 Å². The topological polar surface area (TPSA) is 79.6 Å². The highest BCUT2D eigenvalue weighted by Gasteiger charge is 2.26. The Hall–Kier alpha value is -1.34. The van der Waals surface area contributed by atoms with Crippen LogP contribution in [0.1, 0.15) is 37.7 Å². The van der Waals surface area contributed by atoms with Crippen molar-refractivity contribution in [2.24, 2.45) is 0 Å². The van der Waals surface area contributed by atoms with Gasteiger partial charge in [0.1, 0.15) is 10.6 Å². The Morgan fingerprint density at radius 1 is 1.47 bits per heavy atom. The SMILES string of the molecule is CCCn1cc(S(=O)(=O)N(C)C(C)C)cc1C(=O)O. The van der Waals surface area contributed by atoms with Gasteiger partial charge < -0.3 is 9.67 Å². The Kier molecular flexibility index (Phi) is 4.75. The standard InChI is InChI=1S/C12H20N2O4S/c1-5-6-14-8-10(7-11(14)12(15)16)19(17,18)13(4)9(2)3/h7-9H,5-6H2,1-4H3,(H,15,16). The molecule has 0 saturated heterocycles. The molecule has 0 aliphatic rings. The zero-order valence-corrected chi connectivity index (χ0v) is 12.4. The summed E-state index contributed by atoms with van der Waals surface area (Å²) < 4.78 is 27.3. The second-order valence-electron chi connectivity index (χ2n) is 4.67. The Balaban J connectivity index is 3.29. The van der Waals surface area contributed by atoms with E-state index in [2.05, 4.69) is 0 Å². The fourth-order valence-corrected chi connectivity index (χ4v) is 3.08. The number of nitrogens with zero attached hydrogens (tertiary/aromatic N) is 2. The first kappa shape index (κ1) is 15.7. The van der Waals surface area contributed by atoms with Crippen LogP contribution < -0.4 is 0 Å². The van der Waals surface area contributed by atoms with E-state index in [0.717, 1.165) is 6.42 Å². The molecule has 0 amide bonds. The van der Waals surface area contributed by atoms with Gasteiger partial charge in [-0.05, 0) is 26.3 Å². The fraction of sp³-hybridized carbons (Fsp3) is 0.583. The van der Waals surface area contributed by atoms with Gasteiger partial charge in [-0.25, -0.2) is 13.2 Å². The van der Waals surface area contributed by atoms with Crippen molar-refractivity contribution in [1.82, 2.24) is 8.87 Å². The molecular formula is C12H20N2O4S. The largest absolute Gasteiger partial charge is 0.477 e. The van der Waals surface area contributed by atoms with Gasteiger partial charge in [0.05, 0.1) is 0 Å². The summed E-state index contributed by atoms with van der Waals surface area (Å²) in [4.78, 5) is 11.1. The second kappa shape index (κ2) is 5.75. The van der Waals surface area contributed by atoms with E-state index in [-0.39, 0.29) is 16.6 Å². The highest BCUT2D eigenvalue weighted by atomic mass is 32.2. The molecule has 6 nitrogen and oxygen atoms in total. The van der Waals surface area contributed by atoms with Gasteiger partial charge >= 0.3 is 5.97 Å². The van der Waals surface area contributed by atoms with Gasteiger partial charge in [0.25, 0.3) is 0 Å². The predicted octanol–water partition coefficient (Wildman–Crippen LogP) is 1.63. The van der Waals surface area contributed by atoms with Crippen molar-refractivity contribution >= 4 is 16.0 Å². The average Bonchev–Trinajstić information content (AvgIpc) is 2.73. The van der Waals surface area contributed by atoms with Gasteiger partial charge in [-0.3, -0.25) is 0 Å². The molecule has 0 unspecified atom stereocenters. The summed E-state index contributed by atoms with van der Waals surface area (Å²) in [5.41, 5.74) is -0.00224. The second-order valence-corrected chi connectivity index (χ2v) is 6.67. The molecule has 0 aromatic carbocycles. The molecule has 1 aromatic rings. The molecule has 7 heteroatoms. The maximum atomic E-state index is 12.3. The van der Waals surface area contributed by atoms with Crippen LogP contribution in [0.25, 0.3) is 0 Å². The Bertz CT molecular complexity index is 560. The lowest BCUT2D eigenvalue weighted by molar-refractivity contribution is 0.0685. The molecule has 1 heterocycles. The number of hydrogen-bond donors (Lipinski definition) is 1. The number of carboxylic acids is 1. The Morgan fingerprint density at radius 3 is 2.47 bits per heavy atom. The molecular weight excluding hydrogens is 268 g/mol. The van der Waals surface area contributed by atoms with Crippen LogP contribution in [0.15, 0.2) is 17.2 Å². The minimum Gasteiger partial charge on any atom is -0.477 e. The summed E-state index contributed by atoms with van der Waals surface area (Å²) >= 11 is 0. The average molecular weight is 288 g/mol. The van der Waals surface area contributed by atoms with Crippen LogP contribution in [-0.2, 0) is 16.6 Å². The number of sulfonamides is 1. The van der Waals surface area contributed by atoms with Crippen LogP contribution in [0.3, 0.4) is 0 Å². The lowest BCUT2D eigenvalue weighted by Gasteiger charge is -2.19. The van der Waals surface area contributed by atoms with Gasteiger partial charge in [0.15, 0.2) is 0 Å². The molecule has 0 spiro atoms. The van der Waals surface area contributed by atoms with Crippen LogP contribution in [-0.4, -0.2) is 41.5 Å². The third-order valence-electron chi connectivity index (χ3n) is 2.96. The number of aryl methyl sites for hydroxylation is 1. The normalized spacial score (nSPS) is 12.3. The smallest absolute Gasteiger partial charge is 0.352 e. The number of carbonyl (C=O) groups is 1. The first-order valence-electron chi connectivity index (χ1n) is 6.13. The van der Waals surface area contributed by atoms with E-state index in [1.54, 1.807) is 13.8 Å². The van der Waals surface area contributed by atoms with Crippen LogP contribution in [0.2, 0.25) is 0 Å². The summed E-state index contributed by atoms with van der Waals surface area (Å²) in [5, 5.41) is 9.09. The monoisotopic (exact) mass is 288 g/mol. The molecule has 0 aliphatic carbocycles. The van der Waals surface area contributed by atoms with Gasteiger partial charge in [0, 0.05) is 25.8 Å². The summed E-state index contributed by atoms with van der Waals surface area (Å²) in [6, 6.07) is 1.03. The van der Waals surface area contributed by atoms with E-state index in [1.807, 2.05) is 6.92 Å². The third kappa shape index (κ3) is 3.16. The summed E-state index contributed by atoms with van der Waals surface area (Å²) in [5.74, 6) is -1.12. The number of aromatic nitrogens is 1. The van der Waals surface area contributed by atoms with E-state index in [4.69, 9.17) is 5.11 Å². The van der Waals surface area contributed by atoms with Crippen molar-refractivity contribution in [3.8, 4) is 0 Å². The fourth-order valence-electron chi connectivity index (χ4n) is 1.67. The Morgan fingerprint density at radius 2 is 2.05 bits per heavy atom. The predicted molar refractivity (Wildman–Crippen MR) is 71.8 cm³/mol. The van der Waals surface area contributed by atoms with Gasteiger partial charge in [-0.15, -0.1) is 0 Å². The lowest BCUT2D eigenvalue weighted by Crippen LogP contribution is -2.32. The lowest BCUT2D eigenvalue weighted by atomic mass is 10.4. The van der Waals surface area contributed by atoms with E-state index in [0.29, 0.717) is 6.54 Å². The van der Waals surface area contributed by atoms with Crippen molar-refractivity contribution in [1.29, 1.82) is 0 Å². The third-order valence-corrected chi connectivity index (χ3v) is 4.96. The quantitative estimate of drug-likeness (QED) is 0.862. The summed E-state index contributed by atoms with van der Waals surface area (Å²) in [7, 11) is -2.16. The molecule has 0 aliphatic heterocycles. The molecule has 0 saturated carbocycles. The maximum absolute atomic E-state index is 12.3. The summed E-state index contributed by atoms with van der Waals surface area (Å²) in [6.07, 6.45) is 2.12. The van der Waals surface area contributed by atoms with Gasteiger partial charge in [-0.1, -0.05) is 6.92 Å². The van der Waals surface area contributed by atoms with Crippen LogP contribution in [0, 0.1) is 0 Å². The Labute approximate surface area is 113 Å². The van der Waals surface area contributed by atoms with E-state index >= 15 is 0 Å². The number of aromatic carboxylic acids is 1. The number of carboxylic acid groups (broad SMARTS) is 1. The highest BCUT2D eigenvalue weighted by molar-refractivity contribution is 7.89. The van der Waals surface area contributed by atoms with Crippen molar-refractivity contribution in [2.45, 2.75) is 44.7 Å². The van der Waals surface area contributed by atoms with Crippen molar-refractivity contribution in [3.05, 3.63) is 18.0 Å². The molecule has 108 valence electrons. The molecule has 0 radical (unpaired) electrons. The molecule has 1 rings (SSSR count). The van der Waals surface area contributed by atoms with Crippen LogP contribution in [0.4, 0.5) is 0 Å². The van der Waals surface area contributed by atoms with Crippen molar-refractivity contribution in [3.63, 3.8) is 0 Å². The first-order chi connectivity index (χ1) is 8.71. The molecule has 0 bridgehead atoms. The number of hydrogen-bond acceptors (Lipinski definition) is 3. The van der Waals surface area contributed by atoms with Crippen LogP contribution in [0.5, 0.6) is 0 Å². The molecule has 1 aromatic heterocycles. The molecule has 0 atom stereocenters. The van der Waals surface area contributed by atoms with E-state index < -0.39 is 16.0 Å². The molecule has 19 heavy (non-hydrogen) atoms.